The molecule has 0 saturated carbocycles. The van der Waals surface area contributed by atoms with Crippen LogP contribution in [0.4, 0.5) is 13.2 Å². The zero-order chi connectivity index (χ0) is 11.5. The van der Waals surface area contributed by atoms with Crippen LogP contribution >= 0.6 is 0 Å². The van der Waals surface area contributed by atoms with Gasteiger partial charge in [-0.2, -0.15) is 13.2 Å². The van der Waals surface area contributed by atoms with Crippen LogP contribution in [0.25, 0.3) is 0 Å². The van der Waals surface area contributed by atoms with Crippen LogP contribution in [-0.4, -0.2) is 31.7 Å². The molecule has 0 N–H and O–H groups in total. The van der Waals surface area contributed by atoms with Crippen molar-refractivity contribution in [2.45, 2.75) is 20.0 Å². The minimum atomic E-state index is -4.26. The van der Waals surface area contributed by atoms with Gasteiger partial charge in [0.25, 0.3) is 0 Å². The van der Waals surface area contributed by atoms with E-state index in [4.69, 9.17) is 0 Å². The Morgan fingerprint density at radius 3 is 1.86 bits per heavy atom. The number of hydrogen-bond donors (Lipinski definition) is 0. The second-order valence-electron chi connectivity index (χ2n) is 3.62. The van der Waals surface area contributed by atoms with Gasteiger partial charge in [-0.05, 0) is 33.5 Å². The van der Waals surface area contributed by atoms with E-state index in [-0.39, 0.29) is 12.1 Å². The molecule has 4 heteroatoms. The number of alkyl halides is 3. The minimum absolute atomic E-state index is 0.265. The summed E-state index contributed by atoms with van der Waals surface area (Å²) in [7, 11) is 3.46. The average molecular weight is 207 g/mol. The average Bonchev–Trinajstić information content (AvgIpc) is 1.96. The first kappa shape index (κ1) is 13.2. The normalized spacial score (nSPS) is 14.3. The number of rotatable bonds is 3. The predicted molar refractivity (Wildman–Crippen MR) is 52.1 cm³/mol. The summed E-state index contributed by atoms with van der Waals surface area (Å²) in [6.45, 7) is 6.51. The summed E-state index contributed by atoms with van der Waals surface area (Å²) in [5.74, 6) is 0. The van der Waals surface area contributed by atoms with Crippen LogP contribution < -0.4 is 0 Å². The first-order chi connectivity index (χ1) is 6.16. The maximum absolute atomic E-state index is 12.4. The molecule has 14 heavy (non-hydrogen) atoms. The molecule has 0 aromatic carbocycles. The van der Waals surface area contributed by atoms with E-state index < -0.39 is 11.7 Å². The Morgan fingerprint density at radius 2 is 1.64 bits per heavy atom. The molecular formula is C10H16F3N. The van der Waals surface area contributed by atoms with E-state index in [1.807, 2.05) is 0 Å². The predicted octanol–water partition coefficient (Wildman–Crippen LogP) is 3.00. The van der Waals surface area contributed by atoms with Gasteiger partial charge >= 0.3 is 6.18 Å². The molecule has 0 aromatic rings. The van der Waals surface area contributed by atoms with Crippen LogP contribution in [0.1, 0.15) is 13.8 Å². The highest BCUT2D eigenvalue weighted by Gasteiger charge is 2.32. The summed E-state index contributed by atoms with van der Waals surface area (Å²) >= 11 is 0. The van der Waals surface area contributed by atoms with Gasteiger partial charge in [0.05, 0.1) is 0 Å². The number of allylic oxidation sites excluding steroid dienone is 1. The highest BCUT2D eigenvalue weighted by atomic mass is 19.4. The van der Waals surface area contributed by atoms with Crippen molar-refractivity contribution in [3.05, 3.63) is 23.3 Å². The van der Waals surface area contributed by atoms with Gasteiger partial charge in [-0.25, -0.2) is 0 Å². The first-order valence-corrected chi connectivity index (χ1v) is 4.23. The molecule has 0 aromatic heterocycles. The van der Waals surface area contributed by atoms with Crippen molar-refractivity contribution in [1.82, 2.24) is 4.90 Å². The van der Waals surface area contributed by atoms with Crippen LogP contribution in [0, 0.1) is 0 Å². The molecule has 0 amide bonds. The monoisotopic (exact) mass is 207 g/mol. The minimum Gasteiger partial charge on any atom is -0.305 e. The lowest BCUT2D eigenvalue weighted by atomic mass is 10.0. The molecular weight excluding hydrogens is 191 g/mol. The molecule has 0 fully saturated rings. The molecule has 1 nitrogen and oxygen atoms in total. The van der Waals surface area contributed by atoms with Crippen molar-refractivity contribution in [2.24, 2.45) is 0 Å². The summed E-state index contributed by atoms with van der Waals surface area (Å²) in [5.41, 5.74) is 0.176. The molecule has 0 aliphatic rings. The van der Waals surface area contributed by atoms with Gasteiger partial charge in [0.15, 0.2) is 0 Å². The maximum atomic E-state index is 12.4. The van der Waals surface area contributed by atoms with Crippen molar-refractivity contribution >= 4 is 0 Å². The van der Waals surface area contributed by atoms with Gasteiger partial charge < -0.3 is 4.90 Å². The Bertz CT molecular complexity index is 249. The van der Waals surface area contributed by atoms with Crippen molar-refractivity contribution < 1.29 is 13.2 Å². The van der Waals surface area contributed by atoms with E-state index >= 15 is 0 Å². The molecule has 0 rings (SSSR count). The fraction of sp³-hybridized carbons (Fsp3) is 0.600. The van der Waals surface area contributed by atoms with Crippen LogP contribution in [0.3, 0.4) is 0 Å². The lowest BCUT2D eigenvalue weighted by Gasteiger charge is -2.18. The van der Waals surface area contributed by atoms with Crippen LogP contribution in [0.15, 0.2) is 23.3 Å². The summed E-state index contributed by atoms with van der Waals surface area (Å²) in [6.07, 6.45) is -4.26. The van der Waals surface area contributed by atoms with Crippen LogP contribution in [0.5, 0.6) is 0 Å². The zero-order valence-corrected chi connectivity index (χ0v) is 9.00. The highest BCUT2D eigenvalue weighted by molar-refractivity contribution is 5.34. The summed E-state index contributed by atoms with van der Waals surface area (Å²) in [5, 5.41) is 0. The fourth-order valence-corrected chi connectivity index (χ4v) is 1.06. The standard InChI is InChI=1S/C10H16F3N/c1-7(2)9(6-14(4)5)8(3)10(11,12)13/h1,6H2,2-5H3/b9-8-. The van der Waals surface area contributed by atoms with E-state index in [2.05, 4.69) is 6.58 Å². The quantitative estimate of drug-likeness (QED) is 0.643. The SMILES string of the molecule is C=C(C)/C(CN(C)C)=C(/C)C(F)(F)F. The van der Waals surface area contributed by atoms with Crippen LogP contribution in [0.2, 0.25) is 0 Å². The Labute approximate surface area is 82.9 Å². The molecule has 0 bridgehead atoms. The number of likely N-dealkylation sites (N-methyl/N-ethyl adjacent to an activating group) is 1. The molecule has 0 aliphatic carbocycles. The first-order valence-electron chi connectivity index (χ1n) is 4.23. The van der Waals surface area contributed by atoms with Crippen molar-refractivity contribution in [3.8, 4) is 0 Å². The Morgan fingerprint density at radius 1 is 1.21 bits per heavy atom. The van der Waals surface area contributed by atoms with E-state index in [1.165, 1.54) is 0 Å². The molecule has 0 unspecified atom stereocenters. The zero-order valence-electron chi connectivity index (χ0n) is 9.00. The fourth-order valence-electron chi connectivity index (χ4n) is 1.06. The molecule has 0 heterocycles. The van der Waals surface area contributed by atoms with Gasteiger partial charge in [0.1, 0.15) is 0 Å². The van der Waals surface area contributed by atoms with Gasteiger partial charge in [-0.1, -0.05) is 12.2 Å². The molecule has 0 saturated heterocycles. The smallest absolute Gasteiger partial charge is 0.305 e. The van der Waals surface area contributed by atoms with Crippen molar-refractivity contribution in [2.75, 3.05) is 20.6 Å². The summed E-state index contributed by atoms with van der Waals surface area (Å²) in [4.78, 5) is 1.69. The van der Waals surface area contributed by atoms with Gasteiger partial charge in [0, 0.05) is 12.1 Å². The number of hydrogen-bond acceptors (Lipinski definition) is 1. The Balaban J connectivity index is 5.07. The van der Waals surface area contributed by atoms with E-state index in [1.54, 1.807) is 25.9 Å². The second kappa shape index (κ2) is 4.64. The molecule has 0 atom stereocenters. The largest absolute Gasteiger partial charge is 0.412 e. The molecule has 0 aliphatic heterocycles. The van der Waals surface area contributed by atoms with E-state index in [0.29, 0.717) is 5.57 Å². The van der Waals surface area contributed by atoms with E-state index in [9.17, 15) is 13.2 Å². The second-order valence-corrected chi connectivity index (χ2v) is 3.62. The van der Waals surface area contributed by atoms with Gasteiger partial charge in [-0.3, -0.25) is 0 Å². The third kappa shape index (κ3) is 3.96. The van der Waals surface area contributed by atoms with Crippen molar-refractivity contribution in [1.29, 1.82) is 0 Å². The molecule has 0 spiro atoms. The molecule has 82 valence electrons. The number of halogens is 3. The lowest BCUT2D eigenvalue weighted by molar-refractivity contribution is -0.0922. The topological polar surface area (TPSA) is 3.24 Å². The van der Waals surface area contributed by atoms with E-state index in [0.717, 1.165) is 6.92 Å². The Hall–Kier alpha value is -0.770. The third-order valence-corrected chi connectivity index (χ3v) is 1.87. The molecule has 0 radical (unpaired) electrons. The van der Waals surface area contributed by atoms with Gasteiger partial charge in [0.2, 0.25) is 0 Å². The lowest BCUT2D eigenvalue weighted by Crippen LogP contribution is -2.21. The number of nitrogens with zero attached hydrogens (tertiary/aromatic N) is 1. The van der Waals surface area contributed by atoms with Crippen molar-refractivity contribution in [3.63, 3.8) is 0 Å². The summed E-state index contributed by atoms with van der Waals surface area (Å²) in [6, 6.07) is 0. The third-order valence-electron chi connectivity index (χ3n) is 1.87. The maximum Gasteiger partial charge on any atom is 0.412 e. The highest BCUT2D eigenvalue weighted by Crippen LogP contribution is 2.30. The van der Waals surface area contributed by atoms with Gasteiger partial charge in [-0.15, -0.1) is 0 Å². The summed E-state index contributed by atoms with van der Waals surface area (Å²) < 4.78 is 37.2. The Kier molecular flexibility index (Phi) is 4.39. The van der Waals surface area contributed by atoms with Crippen LogP contribution in [-0.2, 0) is 0 Å².